The molecule has 0 atom stereocenters. The maximum atomic E-state index is 11.0. The van der Waals surface area contributed by atoms with Crippen LogP contribution in [0.15, 0.2) is 12.2 Å². The minimum atomic E-state index is -0.738. The quantitative estimate of drug-likeness (QED) is 0.429. The number of hydrogen-bond acceptors (Lipinski definition) is 4. The molecule has 192 valence electrons. The Labute approximate surface area is 209 Å². The van der Waals surface area contributed by atoms with Gasteiger partial charge in [0.2, 0.25) is 11.8 Å². The highest BCUT2D eigenvalue weighted by Crippen LogP contribution is 2.18. The summed E-state index contributed by atoms with van der Waals surface area (Å²) in [4.78, 5) is 35.8. The van der Waals surface area contributed by atoms with Crippen molar-refractivity contribution in [1.82, 2.24) is 9.80 Å². The number of piperidine rings is 2. The summed E-state index contributed by atoms with van der Waals surface area (Å²) in [7, 11) is 0. The van der Waals surface area contributed by atoms with E-state index in [1.165, 1.54) is 19.8 Å². The molecule has 0 spiro atoms. The summed E-state index contributed by atoms with van der Waals surface area (Å²) in [5, 5.41) is 8.66. The van der Waals surface area contributed by atoms with Gasteiger partial charge >= 0.3 is 5.97 Å². The van der Waals surface area contributed by atoms with Gasteiger partial charge in [-0.1, -0.05) is 12.2 Å². The average molecular weight is 510 g/mol. The maximum Gasteiger partial charge on any atom is 0.306 e. The molecule has 3 saturated heterocycles. The van der Waals surface area contributed by atoms with Crippen LogP contribution >= 0.6 is 23.2 Å². The molecule has 3 rings (SSSR count). The van der Waals surface area contributed by atoms with Crippen molar-refractivity contribution >= 4 is 41.0 Å². The van der Waals surface area contributed by atoms with E-state index in [2.05, 4.69) is 19.1 Å². The van der Waals surface area contributed by atoms with Crippen LogP contribution in [0, 0.1) is 11.8 Å². The molecule has 3 aliphatic heterocycles. The van der Waals surface area contributed by atoms with Gasteiger partial charge in [-0.3, -0.25) is 14.4 Å². The van der Waals surface area contributed by atoms with E-state index in [-0.39, 0.29) is 22.6 Å². The zero-order valence-electron chi connectivity index (χ0n) is 20.6. The van der Waals surface area contributed by atoms with Gasteiger partial charge in [0, 0.05) is 53.2 Å². The Hall–Kier alpha value is -1.31. The van der Waals surface area contributed by atoms with Crippen LogP contribution in [0.1, 0.15) is 66.2 Å². The second-order valence-corrected chi connectivity index (χ2v) is 9.86. The van der Waals surface area contributed by atoms with E-state index >= 15 is 0 Å². The number of carbonyl (C=O) groups is 3. The molecule has 2 amide bonds. The van der Waals surface area contributed by atoms with Gasteiger partial charge in [-0.15, -0.1) is 23.2 Å². The Morgan fingerprint density at radius 3 is 1.58 bits per heavy atom. The third kappa shape index (κ3) is 16.9. The third-order valence-corrected chi connectivity index (χ3v) is 5.57. The number of carboxylic acid groups (broad SMARTS) is 1. The lowest BCUT2D eigenvalue weighted by Crippen LogP contribution is -2.38. The Kier molecular flexibility index (Phi) is 18.3. The molecule has 1 N–H and O–H groups in total. The van der Waals surface area contributed by atoms with Crippen LogP contribution in [0.4, 0.5) is 0 Å². The molecule has 3 fully saturated rings. The number of rotatable bonds is 2. The van der Waals surface area contributed by atoms with E-state index in [9.17, 15) is 14.4 Å². The number of amides is 2. The largest absolute Gasteiger partial charge is 0.481 e. The van der Waals surface area contributed by atoms with Gasteiger partial charge in [-0.2, -0.15) is 0 Å². The molecule has 7 nitrogen and oxygen atoms in total. The van der Waals surface area contributed by atoms with Crippen molar-refractivity contribution < 1.29 is 24.2 Å². The van der Waals surface area contributed by atoms with Gasteiger partial charge in [0.1, 0.15) is 4.84 Å². The van der Waals surface area contributed by atoms with E-state index in [0.29, 0.717) is 31.8 Å². The summed E-state index contributed by atoms with van der Waals surface area (Å²) in [5.74, 6) is -0.0304. The minimum absolute atomic E-state index is 0.0406. The second kappa shape index (κ2) is 19.0. The summed E-state index contributed by atoms with van der Waals surface area (Å²) in [6, 6.07) is 0. The first-order valence-corrected chi connectivity index (χ1v) is 12.7. The summed E-state index contributed by atoms with van der Waals surface area (Å²) in [6.45, 7) is 12.0. The molecule has 0 saturated carbocycles. The van der Waals surface area contributed by atoms with Crippen molar-refractivity contribution in [3.05, 3.63) is 12.2 Å². The number of likely N-dealkylation sites (tertiary alicyclic amines) is 2. The monoisotopic (exact) mass is 508 g/mol. The van der Waals surface area contributed by atoms with Crippen molar-refractivity contribution in [3.8, 4) is 0 Å². The number of carboxylic acids is 1. The standard InChI is InChI=1S/C10H17NO.C8H13NO3.C4H8O.C2H4Cl2/c1-3-4-10-5-7-11(8-6-10)9(2)12;1-6(10)9-4-2-7(3-5-9)8(11)12;1-2-4-5-3-1;1-2(3)4/h3-4,10H,5-8H2,1-2H3;7H,2-5H2,1H3,(H,11,12);1-4H2;2H,1H3/b4-3+;;;. The van der Waals surface area contributed by atoms with Crippen LogP contribution in [-0.4, -0.2) is 76.9 Å². The van der Waals surface area contributed by atoms with E-state index in [4.69, 9.17) is 33.0 Å². The van der Waals surface area contributed by atoms with Crippen molar-refractivity contribution in [2.75, 3.05) is 39.4 Å². The summed E-state index contributed by atoms with van der Waals surface area (Å²) >= 11 is 10.1. The minimum Gasteiger partial charge on any atom is -0.481 e. The molecule has 0 aliphatic carbocycles. The number of alkyl halides is 2. The first kappa shape index (κ1) is 31.7. The van der Waals surface area contributed by atoms with Gasteiger partial charge in [0.25, 0.3) is 0 Å². The lowest BCUT2D eigenvalue weighted by molar-refractivity contribution is -0.145. The molecule has 0 radical (unpaired) electrons. The lowest BCUT2D eigenvalue weighted by atomic mass is 9.96. The zero-order chi connectivity index (χ0) is 25.2. The van der Waals surface area contributed by atoms with Crippen molar-refractivity contribution in [1.29, 1.82) is 0 Å². The Morgan fingerprint density at radius 2 is 1.30 bits per heavy atom. The summed E-state index contributed by atoms with van der Waals surface area (Å²) in [5.41, 5.74) is 0. The lowest BCUT2D eigenvalue weighted by Gasteiger charge is -2.29. The number of nitrogens with zero attached hydrogens (tertiary/aromatic N) is 2. The van der Waals surface area contributed by atoms with Crippen LogP contribution in [0.25, 0.3) is 0 Å². The van der Waals surface area contributed by atoms with Crippen molar-refractivity contribution in [2.45, 2.75) is 71.1 Å². The van der Waals surface area contributed by atoms with Crippen LogP contribution in [0.3, 0.4) is 0 Å². The molecule has 3 heterocycles. The highest BCUT2D eigenvalue weighted by Gasteiger charge is 2.25. The van der Waals surface area contributed by atoms with E-state index in [0.717, 1.165) is 39.1 Å². The fourth-order valence-electron chi connectivity index (χ4n) is 3.63. The average Bonchev–Trinajstić information content (AvgIpc) is 3.35. The zero-order valence-corrected chi connectivity index (χ0v) is 22.1. The molecule has 33 heavy (non-hydrogen) atoms. The van der Waals surface area contributed by atoms with Gasteiger partial charge in [-0.25, -0.2) is 0 Å². The second-order valence-electron chi connectivity index (χ2n) is 8.33. The Bertz CT molecular complexity index is 549. The fourth-order valence-corrected chi connectivity index (χ4v) is 3.63. The molecule has 0 aromatic carbocycles. The predicted octanol–water partition coefficient (Wildman–Crippen LogP) is 4.76. The molecular weight excluding hydrogens is 467 g/mol. The van der Waals surface area contributed by atoms with Crippen molar-refractivity contribution in [3.63, 3.8) is 0 Å². The molecule has 9 heteroatoms. The number of aliphatic carboxylic acids is 1. The molecule has 3 aliphatic rings. The van der Waals surface area contributed by atoms with Gasteiger partial charge in [-0.05, 0) is 58.3 Å². The third-order valence-electron chi connectivity index (χ3n) is 5.57. The summed E-state index contributed by atoms with van der Waals surface area (Å²) < 4.78 is 4.94. The highest BCUT2D eigenvalue weighted by atomic mass is 35.5. The number of hydrogen-bond donors (Lipinski definition) is 1. The summed E-state index contributed by atoms with van der Waals surface area (Å²) in [6.07, 6.45) is 10.4. The van der Waals surface area contributed by atoms with Gasteiger partial charge in [0.05, 0.1) is 5.92 Å². The highest BCUT2D eigenvalue weighted by molar-refractivity contribution is 6.43. The Balaban J connectivity index is 0.000000456. The first-order chi connectivity index (χ1) is 15.6. The maximum absolute atomic E-state index is 11.0. The van der Waals surface area contributed by atoms with E-state index in [1.54, 1.807) is 18.7 Å². The first-order valence-electron chi connectivity index (χ1n) is 11.8. The van der Waals surface area contributed by atoms with Crippen LogP contribution in [-0.2, 0) is 19.1 Å². The van der Waals surface area contributed by atoms with Gasteiger partial charge < -0.3 is 19.6 Å². The normalized spacial score (nSPS) is 19.1. The number of carbonyl (C=O) groups excluding carboxylic acids is 2. The van der Waals surface area contributed by atoms with E-state index < -0.39 is 5.97 Å². The predicted molar refractivity (Wildman–Crippen MR) is 134 cm³/mol. The molecule has 0 aromatic heterocycles. The van der Waals surface area contributed by atoms with Crippen LogP contribution in [0.5, 0.6) is 0 Å². The molecule has 0 bridgehead atoms. The van der Waals surface area contributed by atoms with E-state index in [1.807, 2.05) is 4.90 Å². The number of allylic oxidation sites excluding steroid dienone is 2. The molecule has 0 aromatic rings. The number of ether oxygens (including phenoxy) is 1. The SMILES string of the molecule is C/C=C/C1CCN(C(C)=O)CC1.C1CCOC1.CC(=O)N1CCC(C(=O)O)CC1.CC(Cl)Cl. The Morgan fingerprint density at radius 1 is 0.909 bits per heavy atom. The van der Waals surface area contributed by atoms with Crippen LogP contribution < -0.4 is 0 Å². The molecule has 0 unspecified atom stereocenters. The van der Waals surface area contributed by atoms with Crippen LogP contribution in [0.2, 0.25) is 0 Å². The number of halogens is 2. The molecular formula is C24H42Cl2N2O5. The van der Waals surface area contributed by atoms with Gasteiger partial charge in [0.15, 0.2) is 0 Å². The smallest absolute Gasteiger partial charge is 0.306 e. The fraction of sp³-hybridized carbons (Fsp3) is 0.792. The van der Waals surface area contributed by atoms with Crippen molar-refractivity contribution in [2.24, 2.45) is 11.8 Å². The topological polar surface area (TPSA) is 87.2 Å².